The lowest BCUT2D eigenvalue weighted by Crippen LogP contribution is -2.42. The van der Waals surface area contributed by atoms with Gasteiger partial charge in [0.15, 0.2) is 0 Å². The number of carbonyl (C=O) groups is 1. The number of amides is 1. The lowest BCUT2D eigenvalue weighted by molar-refractivity contribution is 0.0674. The maximum Gasteiger partial charge on any atom is 0.270 e. The topological polar surface area (TPSA) is 46.9 Å². The molecule has 1 heterocycles. The van der Waals surface area contributed by atoms with Gasteiger partial charge in [0, 0.05) is 5.56 Å². The number of aromatic nitrogens is 2. The van der Waals surface area contributed by atoms with Gasteiger partial charge in [0.25, 0.3) is 12.3 Å². The molecule has 0 atom stereocenters. The van der Waals surface area contributed by atoms with E-state index in [0.717, 1.165) is 5.56 Å². The van der Waals surface area contributed by atoms with Crippen LogP contribution in [0.4, 0.5) is 8.78 Å². The number of para-hydroxylation sites is 1. The first-order chi connectivity index (χ1) is 12.6. The van der Waals surface area contributed by atoms with Gasteiger partial charge in [-0.2, -0.15) is 5.10 Å². The summed E-state index contributed by atoms with van der Waals surface area (Å²) in [6, 6.07) is 20.2. The fraction of sp³-hybridized carbons (Fsp3) is 0.200. The van der Waals surface area contributed by atoms with Crippen LogP contribution in [0, 0.1) is 0 Å². The molecule has 1 aliphatic rings. The highest BCUT2D eigenvalue weighted by molar-refractivity contribution is 5.95. The second-order valence-electron chi connectivity index (χ2n) is 6.44. The molecule has 4 nitrogen and oxygen atoms in total. The number of nitrogens with zero attached hydrogens (tertiary/aromatic N) is 2. The Kier molecular flexibility index (Phi) is 4.03. The van der Waals surface area contributed by atoms with Gasteiger partial charge < -0.3 is 5.32 Å². The van der Waals surface area contributed by atoms with Gasteiger partial charge >= 0.3 is 0 Å². The van der Waals surface area contributed by atoms with E-state index in [2.05, 4.69) is 10.4 Å². The van der Waals surface area contributed by atoms with E-state index in [9.17, 15) is 13.6 Å². The van der Waals surface area contributed by atoms with Crippen molar-refractivity contribution in [1.29, 1.82) is 0 Å². The Morgan fingerprint density at radius 1 is 1.04 bits per heavy atom. The van der Waals surface area contributed by atoms with Crippen LogP contribution in [-0.2, 0) is 0 Å². The lowest BCUT2D eigenvalue weighted by Gasteiger charge is -2.16. The second-order valence-corrected chi connectivity index (χ2v) is 6.44. The van der Waals surface area contributed by atoms with Gasteiger partial charge in [-0.3, -0.25) is 4.79 Å². The highest BCUT2D eigenvalue weighted by atomic mass is 19.3. The minimum absolute atomic E-state index is 0.238. The Bertz CT molecular complexity index is 919. The van der Waals surface area contributed by atoms with E-state index in [1.807, 2.05) is 60.7 Å². The van der Waals surface area contributed by atoms with Crippen LogP contribution in [0.25, 0.3) is 16.9 Å². The van der Waals surface area contributed by atoms with Crippen molar-refractivity contribution in [2.75, 3.05) is 0 Å². The van der Waals surface area contributed by atoms with E-state index in [4.69, 9.17) is 0 Å². The van der Waals surface area contributed by atoms with Crippen molar-refractivity contribution < 1.29 is 13.6 Å². The number of alkyl halides is 2. The zero-order valence-electron chi connectivity index (χ0n) is 13.9. The third-order valence-corrected chi connectivity index (χ3v) is 4.58. The molecule has 26 heavy (non-hydrogen) atoms. The third-order valence-electron chi connectivity index (χ3n) is 4.58. The van der Waals surface area contributed by atoms with Crippen LogP contribution in [0.1, 0.15) is 23.3 Å². The molecule has 0 saturated heterocycles. The molecular formula is C20H17F2N3O. The minimum atomic E-state index is -2.58. The van der Waals surface area contributed by atoms with Gasteiger partial charge in [-0.1, -0.05) is 48.5 Å². The maximum absolute atomic E-state index is 13.2. The summed E-state index contributed by atoms with van der Waals surface area (Å²) >= 11 is 0. The van der Waals surface area contributed by atoms with Crippen molar-refractivity contribution in [2.45, 2.75) is 24.8 Å². The quantitative estimate of drug-likeness (QED) is 0.752. The predicted octanol–water partition coefficient (Wildman–Crippen LogP) is 4.07. The number of halogens is 2. The summed E-state index contributed by atoms with van der Waals surface area (Å²) in [4.78, 5) is 12.7. The summed E-state index contributed by atoms with van der Waals surface area (Å²) in [7, 11) is 0. The van der Waals surface area contributed by atoms with Crippen molar-refractivity contribution in [1.82, 2.24) is 15.1 Å². The van der Waals surface area contributed by atoms with Crippen molar-refractivity contribution >= 4 is 5.91 Å². The van der Waals surface area contributed by atoms with E-state index in [1.54, 1.807) is 6.07 Å². The fourth-order valence-corrected chi connectivity index (χ4v) is 2.88. The van der Waals surface area contributed by atoms with Crippen molar-refractivity contribution in [2.24, 2.45) is 0 Å². The van der Waals surface area contributed by atoms with Gasteiger partial charge in [-0.05, 0) is 31.0 Å². The average molecular weight is 353 g/mol. The molecular weight excluding hydrogens is 336 g/mol. The van der Waals surface area contributed by atoms with Gasteiger partial charge in [-0.25, -0.2) is 13.5 Å². The number of nitrogens with one attached hydrogen (secondary N) is 1. The fourth-order valence-electron chi connectivity index (χ4n) is 2.88. The molecule has 1 N–H and O–H groups in total. The van der Waals surface area contributed by atoms with Gasteiger partial charge in [-0.15, -0.1) is 0 Å². The number of hydrogen-bond donors (Lipinski definition) is 1. The maximum atomic E-state index is 13.2. The van der Waals surface area contributed by atoms with E-state index in [0.29, 0.717) is 24.2 Å². The van der Waals surface area contributed by atoms with Crippen LogP contribution >= 0.6 is 0 Å². The molecule has 0 aliphatic heterocycles. The zero-order chi connectivity index (χ0) is 18.1. The molecule has 3 aromatic rings. The molecule has 1 aliphatic carbocycles. The van der Waals surface area contributed by atoms with Crippen molar-refractivity contribution in [3.05, 3.63) is 72.4 Å². The van der Waals surface area contributed by atoms with Crippen LogP contribution in [0.3, 0.4) is 0 Å². The molecule has 1 fully saturated rings. The Hall–Kier alpha value is -3.02. The van der Waals surface area contributed by atoms with Crippen LogP contribution < -0.4 is 5.32 Å². The van der Waals surface area contributed by atoms with Crippen molar-refractivity contribution in [3.8, 4) is 16.9 Å². The second kappa shape index (κ2) is 6.37. The highest BCUT2D eigenvalue weighted by Crippen LogP contribution is 2.41. The van der Waals surface area contributed by atoms with E-state index in [-0.39, 0.29) is 5.69 Å². The molecule has 6 heteroatoms. The third kappa shape index (κ3) is 2.98. The molecule has 132 valence electrons. The first-order valence-corrected chi connectivity index (χ1v) is 8.41. The van der Waals surface area contributed by atoms with Gasteiger partial charge in [0.2, 0.25) is 0 Å². The van der Waals surface area contributed by atoms with Crippen molar-refractivity contribution in [3.63, 3.8) is 0 Å². The molecule has 4 rings (SSSR count). The average Bonchev–Trinajstić information content (AvgIpc) is 3.31. The summed E-state index contributed by atoms with van der Waals surface area (Å²) < 4.78 is 27.9. The van der Waals surface area contributed by atoms with Crippen LogP contribution in [0.15, 0.2) is 66.7 Å². The Labute approximate surface area is 149 Å². The predicted molar refractivity (Wildman–Crippen MR) is 94.4 cm³/mol. The first-order valence-electron chi connectivity index (χ1n) is 8.41. The van der Waals surface area contributed by atoms with Crippen LogP contribution in [-0.4, -0.2) is 27.7 Å². The zero-order valence-corrected chi connectivity index (χ0v) is 13.9. The van der Waals surface area contributed by atoms with E-state index < -0.39 is 17.9 Å². The summed E-state index contributed by atoms with van der Waals surface area (Å²) in [5, 5.41) is 7.04. The molecule has 1 amide bonds. The highest BCUT2D eigenvalue weighted by Gasteiger charge is 2.52. The molecule has 2 aromatic carbocycles. The molecule has 0 radical (unpaired) electrons. The molecule has 1 aromatic heterocycles. The molecule has 1 saturated carbocycles. The Balaban J connectivity index is 1.75. The van der Waals surface area contributed by atoms with E-state index in [1.165, 1.54) is 4.68 Å². The smallest absolute Gasteiger partial charge is 0.270 e. The largest absolute Gasteiger partial charge is 0.339 e. The molecule has 0 bridgehead atoms. The number of rotatable bonds is 5. The Morgan fingerprint density at radius 3 is 2.23 bits per heavy atom. The lowest BCUT2D eigenvalue weighted by atomic mass is 10.1. The normalized spacial score (nSPS) is 15.0. The van der Waals surface area contributed by atoms with E-state index >= 15 is 0 Å². The number of carbonyl (C=O) groups excluding carboxylic acids is 1. The number of benzene rings is 2. The number of hydrogen-bond acceptors (Lipinski definition) is 2. The molecule has 0 spiro atoms. The summed E-state index contributed by atoms with van der Waals surface area (Å²) in [6.45, 7) is 0. The SMILES string of the molecule is O=C(NC1(C(F)F)CC1)c1cc(-c2ccccc2)nn1-c1ccccc1. The van der Waals surface area contributed by atoms with Crippen LogP contribution in [0.2, 0.25) is 0 Å². The monoisotopic (exact) mass is 353 g/mol. The summed E-state index contributed by atoms with van der Waals surface area (Å²) in [6.07, 6.45) is -1.99. The summed E-state index contributed by atoms with van der Waals surface area (Å²) in [5.41, 5.74) is 1.01. The van der Waals surface area contributed by atoms with Gasteiger partial charge in [0.05, 0.1) is 11.4 Å². The first kappa shape index (κ1) is 16.4. The van der Waals surface area contributed by atoms with Crippen LogP contribution in [0.5, 0.6) is 0 Å². The summed E-state index contributed by atoms with van der Waals surface area (Å²) in [5.74, 6) is -0.540. The van der Waals surface area contributed by atoms with Gasteiger partial charge in [0.1, 0.15) is 11.2 Å². The standard InChI is InChI=1S/C20H17F2N3O/c21-19(22)20(11-12-20)23-18(26)17-13-16(14-7-3-1-4-8-14)24-25(17)15-9-5-2-6-10-15/h1-10,13,19H,11-12H2,(H,23,26). The minimum Gasteiger partial charge on any atom is -0.339 e. The molecule has 0 unspecified atom stereocenters. The Morgan fingerprint density at radius 2 is 1.65 bits per heavy atom.